The lowest BCUT2D eigenvalue weighted by Crippen LogP contribution is -1.82. The molecular weight excluding hydrogens is 168 g/mol. The molecule has 0 N–H and O–H groups in total. The fourth-order valence-corrected chi connectivity index (χ4v) is 1.98. The van der Waals surface area contributed by atoms with E-state index in [9.17, 15) is 0 Å². The maximum absolute atomic E-state index is 3.29. The molecule has 14 heavy (non-hydrogen) atoms. The van der Waals surface area contributed by atoms with Gasteiger partial charge in [0.15, 0.2) is 0 Å². The minimum absolute atomic E-state index is 1.23. The molecule has 0 atom stereocenters. The van der Waals surface area contributed by atoms with E-state index in [-0.39, 0.29) is 0 Å². The van der Waals surface area contributed by atoms with E-state index in [1.165, 1.54) is 70.6 Å². The second-order valence-electron chi connectivity index (χ2n) is 4.33. The van der Waals surface area contributed by atoms with Crippen LogP contribution < -0.4 is 0 Å². The van der Waals surface area contributed by atoms with Gasteiger partial charge in [-0.15, -0.1) is 5.73 Å². The lowest BCUT2D eigenvalue weighted by atomic mass is 10.1. The molecule has 0 heteroatoms. The molecule has 1 aliphatic rings. The van der Waals surface area contributed by atoms with Gasteiger partial charge in [-0.05, 0) is 37.8 Å². The van der Waals surface area contributed by atoms with E-state index in [2.05, 4.69) is 17.9 Å². The average Bonchev–Trinajstić information content (AvgIpc) is 2.22. The molecule has 1 aliphatic carbocycles. The van der Waals surface area contributed by atoms with Gasteiger partial charge in [-0.1, -0.05) is 44.9 Å². The summed E-state index contributed by atoms with van der Waals surface area (Å²) in [6.07, 6.45) is 19.7. The average molecular weight is 192 g/mol. The summed E-state index contributed by atoms with van der Waals surface area (Å²) in [6, 6.07) is 0. The Morgan fingerprint density at radius 1 is 0.500 bits per heavy atom. The summed E-state index contributed by atoms with van der Waals surface area (Å²) in [7, 11) is 0. The van der Waals surface area contributed by atoms with E-state index >= 15 is 0 Å². The number of allylic oxidation sites excluding steroid dienone is 1. The second-order valence-corrected chi connectivity index (χ2v) is 4.33. The monoisotopic (exact) mass is 192 g/mol. The lowest BCUT2D eigenvalue weighted by molar-refractivity contribution is 0.560. The SMILES string of the molecule is C1=CCCCCCCCCCCCC=1. The molecule has 1 rings (SSSR count). The Hall–Kier alpha value is -0.480. The molecule has 0 heterocycles. The molecule has 0 aromatic heterocycles. The first-order chi connectivity index (χ1) is 7.00. The van der Waals surface area contributed by atoms with Crippen molar-refractivity contribution in [2.75, 3.05) is 0 Å². The highest BCUT2D eigenvalue weighted by Crippen LogP contribution is 2.12. The van der Waals surface area contributed by atoms with Gasteiger partial charge in [-0.3, -0.25) is 0 Å². The molecule has 0 aromatic carbocycles. The van der Waals surface area contributed by atoms with Gasteiger partial charge in [0, 0.05) is 0 Å². The zero-order valence-electron chi connectivity index (χ0n) is 9.43. The molecule has 80 valence electrons. The summed E-state index contributed by atoms with van der Waals surface area (Å²) in [5.74, 6) is 0. The predicted molar refractivity (Wildman–Crippen MR) is 63.4 cm³/mol. The van der Waals surface area contributed by atoms with Crippen LogP contribution >= 0.6 is 0 Å². The van der Waals surface area contributed by atoms with Crippen molar-refractivity contribution in [2.45, 2.75) is 70.6 Å². The Morgan fingerprint density at radius 3 is 1.29 bits per heavy atom. The van der Waals surface area contributed by atoms with Gasteiger partial charge in [0.25, 0.3) is 0 Å². The van der Waals surface area contributed by atoms with Crippen LogP contribution in [0.5, 0.6) is 0 Å². The van der Waals surface area contributed by atoms with E-state index in [1.54, 1.807) is 0 Å². The fraction of sp³-hybridized carbons (Fsp3) is 0.786. The van der Waals surface area contributed by atoms with Crippen LogP contribution in [0.4, 0.5) is 0 Å². The molecule has 0 fully saturated rings. The molecule has 0 aromatic rings. The minimum Gasteiger partial charge on any atom is -0.130 e. The maximum Gasteiger partial charge on any atom is -0.0274 e. The zero-order chi connectivity index (χ0) is 9.90. The van der Waals surface area contributed by atoms with Crippen molar-refractivity contribution < 1.29 is 0 Å². The number of hydrogen-bond acceptors (Lipinski definition) is 0. The van der Waals surface area contributed by atoms with Crippen molar-refractivity contribution in [1.29, 1.82) is 0 Å². The molecule has 0 radical (unpaired) electrons. The van der Waals surface area contributed by atoms with Crippen LogP contribution in [0.2, 0.25) is 0 Å². The Bertz CT molecular complexity index is 156. The third-order valence-corrected chi connectivity index (χ3v) is 2.93. The van der Waals surface area contributed by atoms with E-state index < -0.39 is 0 Å². The van der Waals surface area contributed by atoms with Crippen LogP contribution in [0.1, 0.15) is 70.6 Å². The first-order valence-electron chi connectivity index (χ1n) is 6.39. The summed E-state index contributed by atoms with van der Waals surface area (Å²) < 4.78 is 0. The van der Waals surface area contributed by atoms with E-state index in [1.807, 2.05) is 0 Å². The van der Waals surface area contributed by atoms with Crippen molar-refractivity contribution in [2.24, 2.45) is 0 Å². The van der Waals surface area contributed by atoms with Crippen LogP contribution in [0.15, 0.2) is 17.9 Å². The van der Waals surface area contributed by atoms with Crippen LogP contribution in [0.3, 0.4) is 0 Å². The third-order valence-electron chi connectivity index (χ3n) is 2.93. The second kappa shape index (κ2) is 9.09. The van der Waals surface area contributed by atoms with E-state index in [0.29, 0.717) is 0 Å². The van der Waals surface area contributed by atoms with Gasteiger partial charge < -0.3 is 0 Å². The summed E-state index contributed by atoms with van der Waals surface area (Å²) in [5, 5.41) is 0. The highest BCUT2D eigenvalue weighted by Gasteiger charge is 1.92. The molecule has 0 spiro atoms. The van der Waals surface area contributed by atoms with Gasteiger partial charge in [-0.25, -0.2) is 0 Å². The van der Waals surface area contributed by atoms with Crippen molar-refractivity contribution >= 4 is 0 Å². The smallest absolute Gasteiger partial charge is 0.0274 e. The minimum atomic E-state index is 1.23. The fourth-order valence-electron chi connectivity index (χ4n) is 1.98. The van der Waals surface area contributed by atoms with Gasteiger partial charge in [-0.2, -0.15) is 0 Å². The van der Waals surface area contributed by atoms with E-state index in [0.717, 1.165) is 0 Å². The van der Waals surface area contributed by atoms with Gasteiger partial charge in [0.05, 0.1) is 0 Å². The van der Waals surface area contributed by atoms with Crippen LogP contribution in [-0.2, 0) is 0 Å². The third kappa shape index (κ3) is 6.97. The summed E-state index contributed by atoms with van der Waals surface area (Å²) in [6.45, 7) is 0. The predicted octanol–water partition coefficient (Wildman–Crippen LogP) is 5.00. The molecule has 0 aliphatic heterocycles. The summed E-state index contributed by atoms with van der Waals surface area (Å²) in [4.78, 5) is 0. The molecule has 0 nitrogen and oxygen atoms in total. The van der Waals surface area contributed by atoms with Gasteiger partial charge in [0.2, 0.25) is 0 Å². The highest BCUT2D eigenvalue weighted by atomic mass is 14.0. The molecule has 0 bridgehead atoms. The molecule has 0 saturated carbocycles. The maximum atomic E-state index is 3.29. The lowest BCUT2D eigenvalue weighted by Gasteiger charge is -2.01. The van der Waals surface area contributed by atoms with Crippen molar-refractivity contribution in [3.05, 3.63) is 17.9 Å². The Labute approximate surface area is 89.1 Å². The zero-order valence-corrected chi connectivity index (χ0v) is 9.43. The first-order valence-corrected chi connectivity index (χ1v) is 6.39. The highest BCUT2D eigenvalue weighted by molar-refractivity contribution is 4.84. The number of hydrogen-bond donors (Lipinski definition) is 0. The van der Waals surface area contributed by atoms with E-state index in [4.69, 9.17) is 0 Å². The Balaban J connectivity index is 2.18. The Morgan fingerprint density at radius 2 is 0.857 bits per heavy atom. The first kappa shape index (κ1) is 11.6. The molecule has 0 amide bonds. The molecular formula is C14H24. The van der Waals surface area contributed by atoms with Crippen LogP contribution in [-0.4, -0.2) is 0 Å². The van der Waals surface area contributed by atoms with Gasteiger partial charge >= 0.3 is 0 Å². The van der Waals surface area contributed by atoms with Crippen LogP contribution in [0, 0.1) is 0 Å². The normalized spacial score (nSPS) is 21.7. The standard InChI is InChI=1S/C14H24/c1-2-4-6-8-10-12-14-13-11-9-7-5-3-1/h1,5H,2,4,6-14H2. The van der Waals surface area contributed by atoms with Crippen molar-refractivity contribution in [1.82, 2.24) is 0 Å². The molecule has 0 unspecified atom stereocenters. The quantitative estimate of drug-likeness (QED) is 0.474. The van der Waals surface area contributed by atoms with Crippen molar-refractivity contribution in [3.63, 3.8) is 0 Å². The van der Waals surface area contributed by atoms with Gasteiger partial charge in [0.1, 0.15) is 0 Å². The number of rotatable bonds is 0. The van der Waals surface area contributed by atoms with Crippen molar-refractivity contribution in [3.8, 4) is 0 Å². The topological polar surface area (TPSA) is 0 Å². The largest absolute Gasteiger partial charge is 0.130 e. The summed E-state index contributed by atoms with van der Waals surface area (Å²) in [5.41, 5.74) is 3.29. The molecule has 0 saturated heterocycles. The van der Waals surface area contributed by atoms with Crippen LogP contribution in [0.25, 0.3) is 0 Å². The Kier molecular flexibility index (Phi) is 7.53. The summed E-state index contributed by atoms with van der Waals surface area (Å²) >= 11 is 0.